The number of amides is 1. The maximum atomic E-state index is 12.4. The van der Waals surface area contributed by atoms with Gasteiger partial charge >= 0.3 is 0 Å². The summed E-state index contributed by atoms with van der Waals surface area (Å²) in [6.45, 7) is 6.50. The highest BCUT2D eigenvalue weighted by molar-refractivity contribution is 6.31. The van der Waals surface area contributed by atoms with Crippen LogP contribution < -0.4 is 10.1 Å². The third-order valence-corrected chi connectivity index (χ3v) is 5.17. The van der Waals surface area contributed by atoms with E-state index in [2.05, 4.69) is 19.2 Å². The lowest BCUT2D eigenvalue weighted by atomic mass is 9.99. The number of rotatable bonds is 7. The molecule has 28 heavy (non-hydrogen) atoms. The highest BCUT2D eigenvalue weighted by Crippen LogP contribution is 2.23. The number of halogens is 1. The van der Waals surface area contributed by atoms with Crippen LogP contribution in [-0.4, -0.2) is 5.91 Å². The summed E-state index contributed by atoms with van der Waals surface area (Å²) in [5.74, 6) is 1.74. The van der Waals surface area contributed by atoms with E-state index in [1.54, 1.807) is 24.3 Å². The molecule has 0 unspecified atom stereocenters. The zero-order chi connectivity index (χ0) is 20.1. The van der Waals surface area contributed by atoms with Gasteiger partial charge in [0.1, 0.15) is 18.1 Å². The molecule has 0 saturated heterocycles. The molecular weight excluding hydrogens is 374 g/mol. The van der Waals surface area contributed by atoms with Gasteiger partial charge in [0.15, 0.2) is 5.76 Å². The molecule has 4 nitrogen and oxygen atoms in total. The summed E-state index contributed by atoms with van der Waals surface area (Å²) in [6, 6.07) is 16.7. The summed E-state index contributed by atoms with van der Waals surface area (Å²) < 4.78 is 11.3. The first-order chi connectivity index (χ1) is 13.5. The van der Waals surface area contributed by atoms with Crippen molar-refractivity contribution < 1.29 is 13.9 Å². The van der Waals surface area contributed by atoms with Crippen LogP contribution in [0.25, 0.3) is 0 Å². The van der Waals surface area contributed by atoms with E-state index in [1.807, 2.05) is 37.3 Å². The van der Waals surface area contributed by atoms with E-state index in [4.69, 9.17) is 20.8 Å². The maximum Gasteiger partial charge on any atom is 0.291 e. The molecule has 0 aliphatic rings. The van der Waals surface area contributed by atoms with Gasteiger partial charge in [0, 0.05) is 10.7 Å². The number of anilines is 1. The average molecular weight is 398 g/mol. The normalized spacial score (nSPS) is 11.9. The summed E-state index contributed by atoms with van der Waals surface area (Å²) in [4.78, 5) is 12.4. The van der Waals surface area contributed by atoms with Gasteiger partial charge in [-0.2, -0.15) is 0 Å². The second kappa shape index (κ2) is 8.98. The summed E-state index contributed by atoms with van der Waals surface area (Å²) in [5, 5.41) is 3.55. The number of aryl methyl sites for hydroxylation is 1. The van der Waals surface area contributed by atoms with E-state index in [-0.39, 0.29) is 18.3 Å². The minimum absolute atomic E-state index is 0.234. The van der Waals surface area contributed by atoms with Crippen LogP contribution in [0.4, 0.5) is 5.69 Å². The molecule has 0 bridgehead atoms. The molecule has 0 fully saturated rings. The first-order valence-corrected chi connectivity index (χ1v) is 9.73. The number of carbonyl (C=O) groups is 1. The lowest BCUT2D eigenvalue weighted by Gasteiger charge is -2.10. The molecule has 0 aliphatic carbocycles. The van der Waals surface area contributed by atoms with Crippen LogP contribution in [-0.2, 0) is 6.61 Å². The van der Waals surface area contributed by atoms with E-state index >= 15 is 0 Å². The van der Waals surface area contributed by atoms with Gasteiger partial charge in [-0.1, -0.05) is 37.6 Å². The number of hydrogen-bond donors (Lipinski definition) is 1. The first-order valence-electron chi connectivity index (χ1n) is 9.35. The Hall–Kier alpha value is -2.72. The monoisotopic (exact) mass is 397 g/mol. The zero-order valence-corrected chi connectivity index (χ0v) is 17.0. The molecule has 3 rings (SSSR count). The fourth-order valence-corrected chi connectivity index (χ4v) is 2.88. The predicted octanol–water partition coefficient (Wildman–Crippen LogP) is 6.59. The Morgan fingerprint density at radius 2 is 1.89 bits per heavy atom. The van der Waals surface area contributed by atoms with Crippen molar-refractivity contribution in [1.29, 1.82) is 0 Å². The fourth-order valence-electron chi connectivity index (χ4n) is 2.76. The van der Waals surface area contributed by atoms with Gasteiger partial charge in [-0.15, -0.1) is 0 Å². The van der Waals surface area contributed by atoms with Crippen molar-refractivity contribution in [3.63, 3.8) is 0 Å². The molecule has 1 amide bonds. The lowest BCUT2D eigenvalue weighted by molar-refractivity contribution is 0.0992. The lowest BCUT2D eigenvalue weighted by Crippen LogP contribution is -2.11. The van der Waals surface area contributed by atoms with E-state index in [0.29, 0.717) is 22.5 Å². The quantitative estimate of drug-likeness (QED) is 0.489. The molecule has 1 N–H and O–H groups in total. The Balaban J connectivity index is 1.58. The van der Waals surface area contributed by atoms with Crippen LogP contribution in [0.5, 0.6) is 5.75 Å². The van der Waals surface area contributed by atoms with Gasteiger partial charge in [-0.3, -0.25) is 4.79 Å². The topological polar surface area (TPSA) is 51.5 Å². The van der Waals surface area contributed by atoms with Crippen molar-refractivity contribution in [2.24, 2.45) is 0 Å². The molecule has 1 atom stereocenters. The summed E-state index contributed by atoms with van der Waals surface area (Å²) in [5.41, 5.74) is 2.94. The summed E-state index contributed by atoms with van der Waals surface area (Å²) >= 11 is 6.02. The molecule has 2 aromatic carbocycles. The number of hydrogen-bond acceptors (Lipinski definition) is 3. The van der Waals surface area contributed by atoms with Crippen molar-refractivity contribution in [3.05, 3.63) is 82.3 Å². The number of nitrogens with one attached hydrogen (secondary N) is 1. The average Bonchev–Trinajstić information content (AvgIpc) is 3.18. The van der Waals surface area contributed by atoms with Crippen molar-refractivity contribution >= 4 is 23.2 Å². The molecule has 1 heterocycles. The maximum absolute atomic E-state index is 12.4. The Morgan fingerprint density at radius 3 is 2.57 bits per heavy atom. The van der Waals surface area contributed by atoms with Crippen molar-refractivity contribution in [2.75, 3.05) is 5.32 Å². The second-order valence-corrected chi connectivity index (χ2v) is 7.26. The van der Waals surface area contributed by atoms with E-state index in [1.165, 1.54) is 5.56 Å². The standard InChI is InChI=1S/C23H24ClNO3/c1-4-15(2)17-5-7-18(8-6-17)25-23(26)22-12-10-20(28-22)14-27-19-9-11-21(24)16(3)13-19/h5-13,15H,4,14H2,1-3H3,(H,25,26)/t15-/m0/s1. The van der Waals surface area contributed by atoms with Crippen LogP contribution in [0.1, 0.15) is 53.6 Å². The first kappa shape index (κ1) is 20.0. The third-order valence-electron chi connectivity index (χ3n) is 4.75. The van der Waals surface area contributed by atoms with Crippen LogP contribution in [0, 0.1) is 6.92 Å². The Bertz CT molecular complexity index is 947. The largest absolute Gasteiger partial charge is 0.486 e. The minimum Gasteiger partial charge on any atom is -0.486 e. The molecule has 0 saturated carbocycles. The zero-order valence-electron chi connectivity index (χ0n) is 16.3. The summed E-state index contributed by atoms with van der Waals surface area (Å²) in [6.07, 6.45) is 1.08. The molecule has 3 aromatic rings. The third kappa shape index (κ3) is 4.96. The Labute approximate surface area is 170 Å². The number of ether oxygens (including phenoxy) is 1. The molecule has 1 aromatic heterocycles. The van der Waals surface area contributed by atoms with Crippen molar-refractivity contribution in [1.82, 2.24) is 0 Å². The second-order valence-electron chi connectivity index (χ2n) is 6.85. The Morgan fingerprint density at radius 1 is 1.14 bits per heavy atom. The molecule has 0 aliphatic heterocycles. The van der Waals surface area contributed by atoms with E-state index in [9.17, 15) is 4.79 Å². The van der Waals surface area contributed by atoms with Gasteiger partial charge < -0.3 is 14.5 Å². The smallest absolute Gasteiger partial charge is 0.291 e. The van der Waals surface area contributed by atoms with Crippen LogP contribution >= 0.6 is 11.6 Å². The van der Waals surface area contributed by atoms with Gasteiger partial charge in [0.05, 0.1) is 0 Å². The number of carbonyl (C=O) groups excluding carboxylic acids is 1. The van der Waals surface area contributed by atoms with Crippen molar-refractivity contribution in [3.8, 4) is 5.75 Å². The minimum atomic E-state index is -0.287. The van der Waals surface area contributed by atoms with Crippen LogP contribution in [0.2, 0.25) is 5.02 Å². The number of benzene rings is 2. The van der Waals surface area contributed by atoms with Gasteiger partial charge in [-0.25, -0.2) is 0 Å². The van der Waals surface area contributed by atoms with E-state index in [0.717, 1.165) is 17.7 Å². The predicted molar refractivity (Wildman–Crippen MR) is 112 cm³/mol. The SMILES string of the molecule is CC[C@H](C)c1ccc(NC(=O)c2ccc(COc3ccc(Cl)c(C)c3)o2)cc1. The van der Waals surface area contributed by atoms with Gasteiger partial charge in [0.25, 0.3) is 5.91 Å². The van der Waals surface area contributed by atoms with Crippen molar-refractivity contribution in [2.45, 2.75) is 39.7 Å². The van der Waals surface area contributed by atoms with Gasteiger partial charge in [-0.05, 0) is 72.9 Å². The Kier molecular flexibility index (Phi) is 6.42. The molecule has 0 spiro atoms. The fraction of sp³-hybridized carbons (Fsp3) is 0.261. The summed E-state index contributed by atoms with van der Waals surface area (Å²) in [7, 11) is 0. The van der Waals surface area contributed by atoms with Gasteiger partial charge in [0.2, 0.25) is 0 Å². The van der Waals surface area contributed by atoms with Crippen LogP contribution in [0.3, 0.4) is 0 Å². The molecule has 5 heteroatoms. The molecule has 146 valence electrons. The molecular formula is C23H24ClNO3. The molecule has 0 radical (unpaired) electrons. The van der Waals surface area contributed by atoms with E-state index < -0.39 is 0 Å². The highest BCUT2D eigenvalue weighted by Gasteiger charge is 2.12. The van der Waals surface area contributed by atoms with Crippen LogP contribution in [0.15, 0.2) is 59.0 Å². The highest BCUT2D eigenvalue weighted by atomic mass is 35.5. The number of furan rings is 1.